The lowest BCUT2D eigenvalue weighted by molar-refractivity contribution is -0.141. The van der Waals surface area contributed by atoms with Gasteiger partial charge in [0.05, 0.1) is 12.2 Å². The lowest BCUT2D eigenvalue weighted by Crippen LogP contribution is -2.33. The average Bonchev–Trinajstić information content (AvgIpc) is 3.14. The largest absolute Gasteiger partial charge is 0.435 e. The highest BCUT2D eigenvalue weighted by atomic mass is 19.4. The lowest BCUT2D eigenvalue weighted by atomic mass is 10.1. The Bertz CT molecular complexity index is 628. The molecule has 1 aliphatic carbocycles. The molecule has 6 heteroatoms. The molecule has 1 aliphatic heterocycles. The maximum atomic E-state index is 12.9. The highest BCUT2D eigenvalue weighted by molar-refractivity contribution is 5.74. The van der Waals surface area contributed by atoms with Gasteiger partial charge < -0.3 is 4.90 Å². The Morgan fingerprint density at radius 2 is 1.91 bits per heavy atom. The molecule has 0 aromatic carbocycles. The predicted molar refractivity (Wildman–Crippen MR) is 78.2 cm³/mol. The van der Waals surface area contributed by atoms with E-state index >= 15 is 0 Å². The van der Waals surface area contributed by atoms with Crippen molar-refractivity contribution < 1.29 is 13.2 Å². The molecule has 2 aliphatic rings. The van der Waals surface area contributed by atoms with E-state index in [1.165, 1.54) is 11.1 Å². The van der Waals surface area contributed by atoms with Gasteiger partial charge in [-0.2, -0.15) is 18.3 Å². The van der Waals surface area contributed by atoms with Crippen molar-refractivity contribution in [2.24, 2.45) is 0 Å². The van der Waals surface area contributed by atoms with Gasteiger partial charge in [-0.05, 0) is 44.1 Å². The fourth-order valence-electron chi connectivity index (χ4n) is 2.85. The Kier molecular flexibility index (Phi) is 4.23. The van der Waals surface area contributed by atoms with Crippen molar-refractivity contribution >= 4 is 5.57 Å². The van der Waals surface area contributed by atoms with Crippen LogP contribution >= 0.6 is 0 Å². The zero-order valence-electron chi connectivity index (χ0n) is 12.2. The first-order chi connectivity index (χ1) is 10.5. The number of halogens is 3. The molecule has 1 aromatic heterocycles. The molecule has 3 nitrogen and oxygen atoms in total. The summed E-state index contributed by atoms with van der Waals surface area (Å²) in [5.74, 6) is 0. The Hall–Kier alpha value is -1.78. The van der Waals surface area contributed by atoms with Crippen molar-refractivity contribution in [3.63, 3.8) is 0 Å². The van der Waals surface area contributed by atoms with Crippen LogP contribution in [0.2, 0.25) is 0 Å². The fraction of sp³-hybridized carbons (Fsp3) is 0.500. The predicted octanol–water partition coefficient (Wildman–Crippen LogP) is 3.50. The van der Waals surface area contributed by atoms with E-state index in [0.29, 0.717) is 17.8 Å². The van der Waals surface area contributed by atoms with Crippen LogP contribution < -0.4 is 0 Å². The summed E-state index contributed by atoms with van der Waals surface area (Å²) in [5.41, 5.74) is 3.25. The van der Waals surface area contributed by atoms with E-state index in [1.807, 2.05) is 0 Å². The van der Waals surface area contributed by atoms with E-state index in [9.17, 15) is 13.2 Å². The number of aromatic nitrogens is 2. The molecule has 0 N–H and O–H groups in total. The van der Waals surface area contributed by atoms with E-state index < -0.39 is 11.9 Å². The van der Waals surface area contributed by atoms with E-state index in [0.717, 1.165) is 38.5 Å². The van der Waals surface area contributed by atoms with Gasteiger partial charge in [-0.25, -0.2) is 0 Å². The molecule has 1 fully saturated rings. The smallest absolute Gasteiger partial charge is 0.301 e. The third-order valence-electron chi connectivity index (χ3n) is 4.02. The molecule has 0 radical (unpaired) electrons. The summed E-state index contributed by atoms with van der Waals surface area (Å²) in [5, 5.41) is 3.77. The molecule has 0 bridgehead atoms. The zero-order valence-corrected chi connectivity index (χ0v) is 12.2. The summed E-state index contributed by atoms with van der Waals surface area (Å²) in [6.45, 7) is 3.23. The van der Waals surface area contributed by atoms with Crippen LogP contribution in [-0.4, -0.2) is 34.3 Å². The number of hydrogen-bond acceptors (Lipinski definition) is 2. The maximum absolute atomic E-state index is 12.9. The molecule has 1 aromatic rings. The molecular formula is C16H18F3N3. The second-order valence-electron chi connectivity index (χ2n) is 5.62. The SMILES string of the molecule is FC(F)(F)c1cc(C2=C=CC=C2)n(CCN2CCCCC2)n1. The molecular weight excluding hydrogens is 291 g/mol. The number of allylic oxidation sites excluding steroid dienone is 3. The third kappa shape index (κ3) is 3.34. The van der Waals surface area contributed by atoms with E-state index in [-0.39, 0.29) is 0 Å². The Morgan fingerprint density at radius 3 is 2.55 bits per heavy atom. The van der Waals surface area contributed by atoms with Gasteiger partial charge in [-0.3, -0.25) is 4.68 Å². The first kappa shape index (κ1) is 15.1. The van der Waals surface area contributed by atoms with Crippen molar-refractivity contribution in [1.82, 2.24) is 14.7 Å². The number of alkyl halides is 3. The van der Waals surface area contributed by atoms with Gasteiger partial charge in [0.25, 0.3) is 0 Å². The van der Waals surface area contributed by atoms with E-state index in [1.54, 1.807) is 18.2 Å². The van der Waals surface area contributed by atoms with Gasteiger partial charge in [-0.1, -0.05) is 12.5 Å². The normalized spacial score (nSPS) is 19.0. The quantitative estimate of drug-likeness (QED) is 0.794. The van der Waals surface area contributed by atoms with Gasteiger partial charge >= 0.3 is 6.18 Å². The van der Waals surface area contributed by atoms with Crippen molar-refractivity contribution in [2.45, 2.75) is 32.0 Å². The standard InChI is InChI=1S/C16H18F3N3/c17-16(18,19)15-12-14(13-6-2-3-7-13)22(20-15)11-10-21-8-4-1-5-9-21/h2-3,6,12H,1,4-5,8-11H2. The molecule has 2 heterocycles. The molecule has 3 rings (SSSR count). The van der Waals surface area contributed by atoms with Gasteiger partial charge in [0.1, 0.15) is 0 Å². The van der Waals surface area contributed by atoms with Crippen LogP contribution in [0.25, 0.3) is 5.57 Å². The minimum atomic E-state index is -4.42. The Labute approximate surface area is 127 Å². The zero-order chi connectivity index (χ0) is 15.6. The first-order valence-corrected chi connectivity index (χ1v) is 7.55. The van der Waals surface area contributed by atoms with Crippen LogP contribution in [0.3, 0.4) is 0 Å². The minimum Gasteiger partial charge on any atom is -0.301 e. The number of rotatable bonds is 4. The van der Waals surface area contributed by atoms with Gasteiger partial charge in [0.2, 0.25) is 0 Å². The van der Waals surface area contributed by atoms with Crippen LogP contribution in [-0.2, 0) is 12.7 Å². The topological polar surface area (TPSA) is 21.1 Å². The van der Waals surface area contributed by atoms with Crippen LogP contribution in [0.1, 0.15) is 30.7 Å². The molecule has 0 unspecified atom stereocenters. The van der Waals surface area contributed by atoms with Gasteiger partial charge in [0.15, 0.2) is 5.69 Å². The minimum absolute atomic E-state index is 0.463. The van der Waals surface area contributed by atoms with Gasteiger partial charge in [-0.15, -0.1) is 5.73 Å². The summed E-state index contributed by atoms with van der Waals surface area (Å²) in [6, 6.07) is 1.11. The number of nitrogens with zero attached hydrogens (tertiary/aromatic N) is 3. The second-order valence-corrected chi connectivity index (χ2v) is 5.62. The highest BCUT2D eigenvalue weighted by Crippen LogP contribution is 2.31. The summed E-state index contributed by atoms with van der Waals surface area (Å²) in [4.78, 5) is 2.29. The average molecular weight is 309 g/mol. The molecule has 0 atom stereocenters. The first-order valence-electron chi connectivity index (χ1n) is 7.55. The van der Waals surface area contributed by atoms with E-state index in [2.05, 4.69) is 15.7 Å². The monoisotopic (exact) mass is 309 g/mol. The van der Waals surface area contributed by atoms with Crippen LogP contribution in [0, 0.1) is 0 Å². The summed E-state index contributed by atoms with van der Waals surface area (Å²) in [6.07, 6.45) is 4.37. The Balaban J connectivity index is 1.80. The van der Waals surface area contributed by atoms with Gasteiger partial charge in [0, 0.05) is 12.1 Å². The van der Waals surface area contributed by atoms with E-state index in [4.69, 9.17) is 0 Å². The van der Waals surface area contributed by atoms with Crippen LogP contribution in [0.5, 0.6) is 0 Å². The Morgan fingerprint density at radius 1 is 1.14 bits per heavy atom. The molecule has 118 valence electrons. The molecule has 1 saturated heterocycles. The summed E-state index contributed by atoms with van der Waals surface area (Å²) < 4.78 is 40.2. The lowest BCUT2D eigenvalue weighted by Gasteiger charge is -2.26. The molecule has 22 heavy (non-hydrogen) atoms. The maximum Gasteiger partial charge on any atom is 0.435 e. The summed E-state index contributed by atoms with van der Waals surface area (Å²) in [7, 11) is 0. The second kappa shape index (κ2) is 6.15. The summed E-state index contributed by atoms with van der Waals surface area (Å²) >= 11 is 0. The third-order valence-corrected chi connectivity index (χ3v) is 4.02. The number of likely N-dealkylation sites (tertiary alicyclic amines) is 1. The van der Waals surface area contributed by atoms with Crippen LogP contribution in [0.15, 0.2) is 30.0 Å². The molecule has 0 saturated carbocycles. The molecule has 0 spiro atoms. The number of piperidine rings is 1. The van der Waals surface area contributed by atoms with Crippen molar-refractivity contribution in [3.05, 3.63) is 41.4 Å². The van der Waals surface area contributed by atoms with Crippen LogP contribution in [0.4, 0.5) is 13.2 Å². The van der Waals surface area contributed by atoms with Crippen molar-refractivity contribution in [2.75, 3.05) is 19.6 Å². The fourth-order valence-corrected chi connectivity index (χ4v) is 2.85. The molecule has 0 amide bonds. The van der Waals surface area contributed by atoms with Crippen molar-refractivity contribution in [1.29, 1.82) is 0 Å². The highest BCUT2D eigenvalue weighted by Gasteiger charge is 2.35. The van der Waals surface area contributed by atoms with Crippen molar-refractivity contribution in [3.8, 4) is 0 Å². The number of hydrogen-bond donors (Lipinski definition) is 0.